The van der Waals surface area contributed by atoms with Gasteiger partial charge in [0, 0.05) is 0 Å². The van der Waals surface area contributed by atoms with Crippen molar-refractivity contribution in [1.29, 1.82) is 0 Å². The average molecular weight is 126 g/mol. The molecule has 2 unspecified atom stereocenters. The molecule has 0 fully saturated rings. The standard InChI is InChI=1S/C7H11P/c8-6-7-4-2-1-3-5-7/h1-4,7H,5-6,8H2. The molecule has 0 saturated carbocycles. The third-order valence-electron chi connectivity index (χ3n) is 1.37. The van der Waals surface area contributed by atoms with Crippen LogP contribution in [0.5, 0.6) is 0 Å². The molecule has 0 amide bonds. The molecule has 0 aromatic rings. The summed E-state index contributed by atoms with van der Waals surface area (Å²) >= 11 is 0. The van der Waals surface area contributed by atoms with Crippen molar-refractivity contribution < 1.29 is 0 Å². The highest BCUT2D eigenvalue weighted by Gasteiger charge is 1.99. The second-order valence-electron chi connectivity index (χ2n) is 2.04. The Bertz CT molecular complexity index is 114. The van der Waals surface area contributed by atoms with Crippen LogP contribution in [-0.2, 0) is 0 Å². The molecule has 0 nitrogen and oxygen atoms in total. The summed E-state index contributed by atoms with van der Waals surface area (Å²) < 4.78 is 0. The highest BCUT2D eigenvalue weighted by molar-refractivity contribution is 7.16. The fraction of sp³-hybridized carbons (Fsp3) is 0.429. The van der Waals surface area contributed by atoms with E-state index in [2.05, 4.69) is 33.5 Å². The lowest BCUT2D eigenvalue weighted by atomic mass is 10.0. The average Bonchev–Trinajstić information content (AvgIpc) is 1.90. The Balaban J connectivity index is 2.40. The van der Waals surface area contributed by atoms with Crippen LogP contribution in [0.15, 0.2) is 24.3 Å². The van der Waals surface area contributed by atoms with E-state index in [4.69, 9.17) is 0 Å². The van der Waals surface area contributed by atoms with Gasteiger partial charge >= 0.3 is 0 Å². The lowest BCUT2D eigenvalue weighted by molar-refractivity contribution is 0.749. The van der Waals surface area contributed by atoms with Crippen molar-refractivity contribution in [3.05, 3.63) is 24.3 Å². The molecule has 0 aliphatic heterocycles. The SMILES string of the molecule is PCC1C=CC=CC1. The van der Waals surface area contributed by atoms with Gasteiger partial charge in [-0.3, -0.25) is 0 Å². The minimum atomic E-state index is 0.782. The molecule has 1 heteroatoms. The van der Waals surface area contributed by atoms with Crippen molar-refractivity contribution in [3.63, 3.8) is 0 Å². The summed E-state index contributed by atoms with van der Waals surface area (Å²) in [5, 5.41) is 0. The van der Waals surface area contributed by atoms with Crippen LogP contribution in [0.3, 0.4) is 0 Å². The lowest BCUT2D eigenvalue weighted by Crippen LogP contribution is -1.96. The highest BCUT2D eigenvalue weighted by atomic mass is 31.0. The quantitative estimate of drug-likeness (QED) is 0.471. The molecule has 2 atom stereocenters. The maximum atomic E-state index is 2.76. The van der Waals surface area contributed by atoms with E-state index in [9.17, 15) is 0 Å². The summed E-state index contributed by atoms with van der Waals surface area (Å²) in [5.41, 5.74) is 0. The minimum Gasteiger partial charge on any atom is -0.137 e. The normalized spacial score (nSPS) is 26.4. The number of hydrogen-bond donors (Lipinski definition) is 0. The van der Waals surface area contributed by atoms with Gasteiger partial charge in [-0.05, 0) is 18.5 Å². The molecule has 1 aliphatic carbocycles. The van der Waals surface area contributed by atoms with Crippen molar-refractivity contribution in [3.8, 4) is 0 Å². The van der Waals surface area contributed by atoms with Gasteiger partial charge in [-0.1, -0.05) is 24.3 Å². The van der Waals surface area contributed by atoms with Crippen molar-refractivity contribution in [2.75, 3.05) is 6.16 Å². The molecular weight excluding hydrogens is 115 g/mol. The zero-order valence-corrected chi connectivity index (χ0v) is 6.03. The zero-order chi connectivity index (χ0) is 5.82. The first-order valence-electron chi connectivity index (χ1n) is 2.97. The third-order valence-corrected chi connectivity index (χ3v) is 1.98. The van der Waals surface area contributed by atoms with Crippen molar-refractivity contribution in [1.82, 2.24) is 0 Å². The van der Waals surface area contributed by atoms with E-state index in [0.29, 0.717) is 0 Å². The Kier molecular flexibility index (Phi) is 2.29. The van der Waals surface area contributed by atoms with Gasteiger partial charge in [-0.25, -0.2) is 0 Å². The van der Waals surface area contributed by atoms with Gasteiger partial charge in [0.25, 0.3) is 0 Å². The Morgan fingerprint density at radius 3 is 2.75 bits per heavy atom. The van der Waals surface area contributed by atoms with Crippen LogP contribution in [-0.4, -0.2) is 6.16 Å². The first-order valence-corrected chi connectivity index (χ1v) is 3.78. The van der Waals surface area contributed by atoms with E-state index < -0.39 is 0 Å². The maximum absolute atomic E-state index is 2.76. The summed E-state index contributed by atoms with van der Waals surface area (Å²) in [4.78, 5) is 0. The smallest absolute Gasteiger partial charge is 0.0161 e. The molecule has 0 spiro atoms. The van der Waals surface area contributed by atoms with Crippen molar-refractivity contribution in [2.45, 2.75) is 6.42 Å². The molecule has 0 aromatic heterocycles. The second-order valence-corrected chi connectivity index (χ2v) is 2.52. The predicted octanol–water partition coefficient (Wildman–Crippen LogP) is 1.99. The predicted molar refractivity (Wildman–Crippen MR) is 41.0 cm³/mol. The van der Waals surface area contributed by atoms with Crippen LogP contribution >= 0.6 is 9.24 Å². The van der Waals surface area contributed by atoms with E-state index in [-0.39, 0.29) is 0 Å². The summed E-state index contributed by atoms with van der Waals surface area (Å²) in [5.74, 6) is 0.782. The van der Waals surface area contributed by atoms with Crippen LogP contribution in [0.1, 0.15) is 6.42 Å². The van der Waals surface area contributed by atoms with E-state index in [0.717, 1.165) is 5.92 Å². The number of allylic oxidation sites excluding steroid dienone is 4. The molecule has 0 heterocycles. The van der Waals surface area contributed by atoms with Crippen molar-refractivity contribution >= 4 is 9.24 Å². The minimum absolute atomic E-state index is 0.782. The van der Waals surface area contributed by atoms with E-state index in [1.54, 1.807) is 0 Å². The summed E-state index contributed by atoms with van der Waals surface area (Å²) in [6, 6.07) is 0. The van der Waals surface area contributed by atoms with Crippen LogP contribution in [0, 0.1) is 5.92 Å². The summed E-state index contributed by atoms with van der Waals surface area (Å²) in [6.07, 6.45) is 11.1. The second kappa shape index (κ2) is 3.04. The van der Waals surface area contributed by atoms with Gasteiger partial charge < -0.3 is 0 Å². The van der Waals surface area contributed by atoms with Gasteiger partial charge in [-0.2, -0.15) is 0 Å². The highest BCUT2D eigenvalue weighted by Crippen LogP contribution is 2.12. The van der Waals surface area contributed by atoms with Gasteiger partial charge in [0.15, 0.2) is 0 Å². The maximum Gasteiger partial charge on any atom is -0.0161 e. The van der Waals surface area contributed by atoms with Gasteiger partial charge in [0.1, 0.15) is 0 Å². The van der Waals surface area contributed by atoms with Gasteiger partial charge in [-0.15, -0.1) is 9.24 Å². The molecule has 0 radical (unpaired) electrons. The Morgan fingerprint density at radius 2 is 2.38 bits per heavy atom. The number of hydrogen-bond acceptors (Lipinski definition) is 0. The molecule has 0 N–H and O–H groups in total. The molecule has 1 aliphatic rings. The van der Waals surface area contributed by atoms with Crippen LogP contribution in [0.2, 0.25) is 0 Å². The molecular formula is C7H11P. The van der Waals surface area contributed by atoms with Crippen LogP contribution < -0.4 is 0 Å². The van der Waals surface area contributed by atoms with E-state index >= 15 is 0 Å². The summed E-state index contributed by atoms with van der Waals surface area (Å²) in [7, 11) is 2.76. The fourth-order valence-electron chi connectivity index (χ4n) is 0.807. The van der Waals surface area contributed by atoms with Gasteiger partial charge in [0.05, 0.1) is 0 Å². The molecule has 8 heavy (non-hydrogen) atoms. The first kappa shape index (κ1) is 6.04. The lowest BCUT2D eigenvalue weighted by Gasteiger charge is -2.07. The fourth-order valence-corrected chi connectivity index (χ4v) is 1.16. The Labute approximate surface area is 52.9 Å². The van der Waals surface area contributed by atoms with Crippen LogP contribution in [0.4, 0.5) is 0 Å². The molecule has 44 valence electrons. The topological polar surface area (TPSA) is 0 Å². The molecule has 0 saturated heterocycles. The number of rotatable bonds is 1. The molecule has 0 bridgehead atoms. The Hall–Kier alpha value is -0.0900. The Morgan fingerprint density at radius 1 is 1.50 bits per heavy atom. The van der Waals surface area contributed by atoms with E-state index in [1.165, 1.54) is 12.6 Å². The van der Waals surface area contributed by atoms with Gasteiger partial charge in [0.2, 0.25) is 0 Å². The van der Waals surface area contributed by atoms with Crippen LogP contribution in [0.25, 0.3) is 0 Å². The molecule has 0 aromatic carbocycles. The first-order chi connectivity index (χ1) is 3.93. The third kappa shape index (κ3) is 1.45. The summed E-state index contributed by atoms with van der Waals surface area (Å²) in [6.45, 7) is 0. The zero-order valence-electron chi connectivity index (χ0n) is 4.88. The van der Waals surface area contributed by atoms with Crippen molar-refractivity contribution in [2.24, 2.45) is 5.92 Å². The molecule has 1 rings (SSSR count). The van der Waals surface area contributed by atoms with E-state index in [1.807, 2.05) is 0 Å². The largest absolute Gasteiger partial charge is 0.137 e. The monoisotopic (exact) mass is 126 g/mol.